The van der Waals surface area contributed by atoms with Gasteiger partial charge in [0.05, 0.1) is 12.0 Å². The lowest BCUT2D eigenvalue weighted by molar-refractivity contribution is -0.131. The fourth-order valence-electron chi connectivity index (χ4n) is 3.20. The summed E-state index contributed by atoms with van der Waals surface area (Å²) < 4.78 is 1.94. The first-order chi connectivity index (χ1) is 10.4. The fraction of sp³-hybridized carbons (Fsp3) is 0.765. The summed E-state index contributed by atoms with van der Waals surface area (Å²) in [5.74, 6) is 1.49. The second kappa shape index (κ2) is 7.27. The second-order valence-electron chi connectivity index (χ2n) is 7.13. The molecule has 0 spiro atoms. The quantitative estimate of drug-likeness (QED) is 0.806. The molecule has 1 amide bonds. The summed E-state index contributed by atoms with van der Waals surface area (Å²) in [7, 11) is 1.92. The molecule has 1 fully saturated rings. The standard InChI is InChI=1S/C17H30N4O/c1-13(2)8-20-7-6-16(10-20)9-19(5)17(22)11-21-12-18-14(3)15(21)4/h12-13,16H,6-11H2,1-5H3/t16-/m0/s1. The van der Waals surface area contributed by atoms with E-state index in [2.05, 4.69) is 23.7 Å². The first-order valence-electron chi connectivity index (χ1n) is 8.31. The van der Waals surface area contributed by atoms with E-state index in [-0.39, 0.29) is 5.91 Å². The molecule has 5 nitrogen and oxygen atoms in total. The molecule has 1 aromatic rings. The van der Waals surface area contributed by atoms with E-state index in [1.165, 1.54) is 19.5 Å². The monoisotopic (exact) mass is 306 g/mol. The van der Waals surface area contributed by atoms with Crippen LogP contribution in [0, 0.1) is 25.7 Å². The number of hydrogen-bond donors (Lipinski definition) is 0. The number of carbonyl (C=O) groups excluding carboxylic acids is 1. The van der Waals surface area contributed by atoms with E-state index in [0.29, 0.717) is 18.4 Å². The number of carbonyl (C=O) groups is 1. The van der Waals surface area contributed by atoms with E-state index >= 15 is 0 Å². The molecule has 5 heteroatoms. The molecule has 1 aliphatic heterocycles. The molecule has 22 heavy (non-hydrogen) atoms. The maximum Gasteiger partial charge on any atom is 0.242 e. The van der Waals surface area contributed by atoms with Gasteiger partial charge in [-0.2, -0.15) is 0 Å². The van der Waals surface area contributed by atoms with Crippen molar-refractivity contribution in [2.75, 3.05) is 33.2 Å². The van der Waals surface area contributed by atoms with Gasteiger partial charge in [-0.15, -0.1) is 0 Å². The SMILES string of the molecule is Cc1ncn(CC(=O)N(C)C[C@@H]2CCN(CC(C)C)C2)c1C. The van der Waals surface area contributed by atoms with E-state index in [4.69, 9.17) is 0 Å². The van der Waals surface area contributed by atoms with Crippen molar-refractivity contribution >= 4 is 5.91 Å². The number of likely N-dealkylation sites (N-methyl/N-ethyl adjacent to an activating group) is 1. The Labute approximate surface area is 134 Å². The van der Waals surface area contributed by atoms with Gasteiger partial charge in [0.2, 0.25) is 5.91 Å². The predicted molar refractivity (Wildman–Crippen MR) is 88.7 cm³/mol. The molecular weight excluding hydrogens is 276 g/mol. The Morgan fingerprint density at radius 3 is 2.77 bits per heavy atom. The maximum absolute atomic E-state index is 12.4. The molecule has 1 aromatic heterocycles. The molecular formula is C17H30N4O. The number of hydrogen-bond acceptors (Lipinski definition) is 3. The Bertz CT molecular complexity index is 509. The van der Waals surface area contributed by atoms with Gasteiger partial charge in [0, 0.05) is 32.4 Å². The molecule has 1 saturated heterocycles. The highest BCUT2D eigenvalue weighted by atomic mass is 16.2. The van der Waals surface area contributed by atoms with Gasteiger partial charge in [-0.1, -0.05) is 13.8 Å². The van der Waals surface area contributed by atoms with E-state index in [9.17, 15) is 4.79 Å². The Morgan fingerprint density at radius 1 is 1.45 bits per heavy atom. The minimum atomic E-state index is 0.169. The van der Waals surface area contributed by atoms with Crippen LogP contribution in [-0.2, 0) is 11.3 Å². The Morgan fingerprint density at radius 2 is 2.18 bits per heavy atom. The number of likely N-dealkylation sites (tertiary alicyclic amines) is 1. The van der Waals surface area contributed by atoms with Crippen LogP contribution in [0.4, 0.5) is 0 Å². The molecule has 0 aliphatic carbocycles. The van der Waals surface area contributed by atoms with Crippen molar-refractivity contribution in [3.05, 3.63) is 17.7 Å². The molecule has 1 atom stereocenters. The third-order valence-electron chi connectivity index (χ3n) is 4.60. The number of nitrogens with zero attached hydrogens (tertiary/aromatic N) is 4. The predicted octanol–water partition coefficient (Wildman–Crippen LogP) is 1.94. The van der Waals surface area contributed by atoms with E-state index in [0.717, 1.165) is 24.5 Å². The first-order valence-corrected chi connectivity index (χ1v) is 8.31. The normalized spacial score (nSPS) is 19.1. The third-order valence-corrected chi connectivity index (χ3v) is 4.60. The summed E-state index contributed by atoms with van der Waals surface area (Å²) in [5, 5.41) is 0. The summed E-state index contributed by atoms with van der Waals surface area (Å²) in [6.45, 7) is 13.2. The molecule has 0 radical (unpaired) electrons. The number of rotatable bonds is 6. The molecule has 1 aliphatic rings. The van der Waals surface area contributed by atoms with Crippen molar-refractivity contribution in [3.63, 3.8) is 0 Å². The van der Waals surface area contributed by atoms with Gasteiger partial charge in [0.1, 0.15) is 6.54 Å². The van der Waals surface area contributed by atoms with Crippen LogP contribution in [0.1, 0.15) is 31.7 Å². The van der Waals surface area contributed by atoms with Crippen LogP contribution < -0.4 is 0 Å². The highest BCUT2D eigenvalue weighted by Gasteiger charge is 2.25. The molecule has 2 rings (SSSR count). The summed E-state index contributed by atoms with van der Waals surface area (Å²) in [6.07, 6.45) is 2.96. The Balaban J connectivity index is 1.81. The van der Waals surface area contributed by atoms with Crippen molar-refractivity contribution in [2.24, 2.45) is 11.8 Å². The highest BCUT2D eigenvalue weighted by Crippen LogP contribution is 2.18. The molecule has 0 saturated carbocycles. The van der Waals surface area contributed by atoms with Crippen molar-refractivity contribution in [3.8, 4) is 0 Å². The number of amides is 1. The van der Waals surface area contributed by atoms with Crippen LogP contribution >= 0.6 is 0 Å². The fourth-order valence-corrected chi connectivity index (χ4v) is 3.20. The van der Waals surface area contributed by atoms with Crippen LogP contribution in [-0.4, -0.2) is 58.5 Å². The highest BCUT2D eigenvalue weighted by molar-refractivity contribution is 5.75. The summed E-state index contributed by atoms with van der Waals surface area (Å²) in [5.41, 5.74) is 2.07. The van der Waals surface area contributed by atoms with Crippen LogP contribution in [0.2, 0.25) is 0 Å². The van der Waals surface area contributed by atoms with Crippen LogP contribution in [0.25, 0.3) is 0 Å². The maximum atomic E-state index is 12.4. The lowest BCUT2D eigenvalue weighted by Gasteiger charge is -2.23. The minimum Gasteiger partial charge on any atom is -0.344 e. The van der Waals surface area contributed by atoms with E-state index in [1.807, 2.05) is 30.4 Å². The summed E-state index contributed by atoms with van der Waals surface area (Å²) in [4.78, 5) is 21.1. The van der Waals surface area contributed by atoms with Gasteiger partial charge in [-0.3, -0.25) is 4.79 Å². The van der Waals surface area contributed by atoms with Gasteiger partial charge in [0.25, 0.3) is 0 Å². The topological polar surface area (TPSA) is 41.4 Å². The molecule has 0 aromatic carbocycles. The van der Waals surface area contributed by atoms with Gasteiger partial charge >= 0.3 is 0 Å². The number of imidazole rings is 1. The van der Waals surface area contributed by atoms with Crippen molar-refractivity contribution < 1.29 is 4.79 Å². The van der Waals surface area contributed by atoms with Crippen LogP contribution in [0.3, 0.4) is 0 Å². The molecule has 0 bridgehead atoms. The van der Waals surface area contributed by atoms with Crippen molar-refractivity contribution in [1.82, 2.24) is 19.4 Å². The Hall–Kier alpha value is -1.36. The number of aryl methyl sites for hydroxylation is 1. The molecule has 0 unspecified atom stereocenters. The first kappa shape index (κ1) is 17.0. The van der Waals surface area contributed by atoms with Crippen molar-refractivity contribution in [1.29, 1.82) is 0 Å². The number of aromatic nitrogens is 2. The zero-order chi connectivity index (χ0) is 16.3. The second-order valence-corrected chi connectivity index (χ2v) is 7.13. The largest absolute Gasteiger partial charge is 0.344 e. The zero-order valence-corrected chi connectivity index (χ0v) is 14.7. The zero-order valence-electron chi connectivity index (χ0n) is 14.7. The third kappa shape index (κ3) is 4.32. The molecule has 2 heterocycles. The Kier molecular flexibility index (Phi) is 5.62. The van der Waals surface area contributed by atoms with Crippen LogP contribution in [0.15, 0.2) is 6.33 Å². The summed E-state index contributed by atoms with van der Waals surface area (Å²) in [6, 6.07) is 0. The molecule has 124 valence electrons. The van der Waals surface area contributed by atoms with Gasteiger partial charge in [-0.05, 0) is 38.6 Å². The van der Waals surface area contributed by atoms with Gasteiger partial charge in [-0.25, -0.2) is 4.98 Å². The average molecular weight is 306 g/mol. The molecule has 0 N–H and O–H groups in total. The van der Waals surface area contributed by atoms with Crippen molar-refractivity contribution in [2.45, 2.75) is 40.7 Å². The lowest BCUT2D eigenvalue weighted by atomic mass is 10.1. The van der Waals surface area contributed by atoms with E-state index in [1.54, 1.807) is 6.33 Å². The van der Waals surface area contributed by atoms with Crippen LogP contribution in [0.5, 0.6) is 0 Å². The van der Waals surface area contributed by atoms with Gasteiger partial charge in [0.15, 0.2) is 0 Å². The smallest absolute Gasteiger partial charge is 0.242 e. The minimum absolute atomic E-state index is 0.169. The van der Waals surface area contributed by atoms with Gasteiger partial charge < -0.3 is 14.4 Å². The van der Waals surface area contributed by atoms with E-state index < -0.39 is 0 Å². The lowest BCUT2D eigenvalue weighted by Crippen LogP contribution is -2.35. The summed E-state index contributed by atoms with van der Waals surface area (Å²) >= 11 is 0. The average Bonchev–Trinajstić information content (AvgIpc) is 2.99.